The van der Waals surface area contributed by atoms with Gasteiger partial charge in [0.1, 0.15) is 5.75 Å². The van der Waals surface area contributed by atoms with Crippen LogP contribution in [0.4, 0.5) is 5.69 Å². The summed E-state index contributed by atoms with van der Waals surface area (Å²) in [5.41, 5.74) is 5.50. The van der Waals surface area contributed by atoms with E-state index in [9.17, 15) is 0 Å². The molecule has 0 aliphatic rings. The third-order valence-electron chi connectivity index (χ3n) is 2.94. The van der Waals surface area contributed by atoms with Crippen molar-refractivity contribution >= 4 is 44.7 Å². The molecule has 2 aromatic carbocycles. The van der Waals surface area contributed by atoms with E-state index in [2.05, 4.69) is 31.8 Å². The first-order valence-corrected chi connectivity index (χ1v) is 7.80. The summed E-state index contributed by atoms with van der Waals surface area (Å²) in [4.78, 5) is 0. The highest BCUT2D eigenvalue weighted by atomic mass is 79.9. The van der Waals surface area contributed by atoms with Crippen LogP contribution in [0, 0.1) is 0 Å². The molecule has 0 saturated carbocycles. The Bertz CT molecular complexity index is 686. The zero-order valence-electron chi connectivity index (χ0n) is 12.3. The lowest BCUT2D eigenvalue weighted by molar-refractivity contribution is 0.417. The Kier molecular flexibility index (Phi) is 5.91. The molecule has 0 unspecified atom stereocenters. The molecule has 0 fully saturated rings. The smallest absolute Gasteiger partial charge is 0.191 e. The standard InChI is InChI=1S/C16H16BrN3OS/c1-11(12-7-9-13(17)10-8-12)19-20-16(22)18-14-5-3-4-6-15(14)21-2/h3-10H,1-2H3,(H2,18,20,22). The molecule has 0 saturated heterocycles. The third-order valence-corrected chi connectivity index (χ3v) is 3.66. The molecular formula is C16H16BrN3OS. The van der Waals surface area contributed by atoms with E-state index < -0.39 is 0 Å². The molecule has 6 heteroatoms. The van der Waals surface area contributed by atoms with Gasteiger partial charge in [-0.2, -0.15) is 5.10 Å². The van der Waals surface area contributed by atoms with E-state index in [4.69, 9.17) is 17.0 Å². The number of anilines is 1. The average Bonchev–Trinajstić information content (AvgIpc) is 2.54. The number of halogens is 1. The van der Waals surface area contributed by atoms with Crippen LogP contribution in [-0.2, 0) is 0 Å². The molecule has 2 rings (SSSR count). The van der Waals surface area contributed by atoms with Crippen LogP contribution in [-0.4, -0.2) is 17.9 Å². The van der Waals surface area contributed by atoms with Crippen LogP contribution in [0.5, 0.6) is 5.75 Å². The monoisotopic (exact) mass is 377 g/mol. The number of thiocarbonyl (C=S) groups is 1. The highest BCUT2D eigenvalue weighted by molar-refractivity contribution is 9.10. The van der Waals surface area contributed by atoms with Gasteiger partial charge in [-0.25, -0.2) is 0 Å². The van der Waals surface area contributed by atoms with Gasteiger partial charge in [-0.1, -0.05) is 40.2 Å². The number of hydrazone groups is 1. The second kappa shape index (κ2) is 7.91. The molecule has 2 aromatic rings. The second-order valence-electron chi connectivity index (χ2n) is 4.47. The fraction of sp³-hybridized carbons (Fsp3) is 0.125. The Balaban J connectivity index is 2.00. The van der Waals surface area contributed by atoms with Crippen molar-refractivity contribution in [1.29, 1.82) is 0 Å². The first-order valence-electron chi connectivity index (χ1n) is 6.60. The predicted octanol–water partition coefficient (Wildman–Crippen LogP) is 4.17. The first kappa shape index (κ1) is 16.5. The Hall–Kier alpha value is -1.92. The van der Waals surface area contributed by atoms with Crippen LogP contribution in [0.25, 0.3) is 0 Å². The van der Waals surface area contributed by atoms with Crippen LogP contribution in [0.1, 0.15) is 12.5 Å². The average molecular weight is 378 g/mol. The highest BCUT2D eigenvalue weighted by Crippen LogP contribution is 2.22. The predicted molar refractivity (Wildman–Crippen MR) is 98.7 cm³/mol. The number of nitrogens with zero attached hydrogens (tertiary/aromatic N) is 1. The Morgan fingerprint density at radius 3 is 2.50 bits per heavy atom. The quantitative estimate of drug-likeness (QED) is 0.476. The molecule has 0 atom stereocenters. The summed E-state index contributed by atoms with van der Waals surface area (Å²) in [5, 5.41) is 7.74. The Morgan fingerprint density at radius 2 is 1.82 bits per heavy atom. The van der Waals surface area contributed by atoms with Crippen molar-refractivity contribution in [3.8, 4) is 5.75 Å². The van der Waals surface area contributed by atoms with Crippen molar-refractivity contribution in [3.05, 3.63) is 58.6 Å². The molecular weight excluding hydrogens is 362 g/mol. The number of hydrogen-bond donors (Lipinski definition) is 2. The fourth-order valence-electron chi connectivity index (χ4n) is 1.79. The van der Waals surface area contributed by atoms with E-state index >= 15 is 0 Å². The zero-order chi connectivity index (χ0) is 15.9. The normalized spacial score (nSPS) is 11.0. The maximum atomic E-state index is 5.26. The first-order chi connectivity index (χ1) is 10.6. The van der Waals surface area contributed by atoms with Crippen LogP contribution in [0.2, 0.25) is 0 Å². The van der Waals surface area contributed by atoms with Gasteiger partial charge in [0.25, 0.3) is 0 Å². The molecule has 0 heterocycles. The van der Waals surface area contributed by atoms with E-state index in [0.717, 1.165) is 27.2 Å². The molecule has 0 bridgehead atoms. The second-order valence-corrected chi connectivity index (χ2v) is 5.79. The van der Waals surface area contributed by atoms with Gasteiger partial charge in [-0.05, 0) is 49.0 Å². The summed E-state index contributed by atoms with van der Waals surface area (Å²) in [6.07, 6.45) is 0. The van der Waals surface area contributed by atoms with Crippen LogP contribution >= 0.6 is 28.1 Å². The van der Waals surface area contributed by atoms with Gasteiger partial charge in [0.05, 0.1) is 18.5 Å². The lowest BCUT2D eigenvalue weighted by atomic mass is 10.1. The number of rotatable bonds is 4. The van der Waals surface area contributed by atoms with Crippen molar-refractivity contribution in [3.63, 3.8) is 0 Å². The largest absolute Gasteiger partial charge is 0.495 e. The number of benzene rings is 2. The van der Waals surface area contributed by atoms with E-state index in [1.807, 2.05) is 55.5 Å². The Morgan fingerprint density at radius 1 is 1.14 bits per heavy atom. The summed E-state index contributed by atoms with van der Waals surface area (Å²) in [5.74, 6) is 0.722. The van der Waals surface area contributed by atoms with Gasteiger partial charge in [0.15, 0.2) is 5.11 Å². The number of para-hydroxylation sites is 2. The number of ether oxygens (including phenoxy) is 1. The van der Waals surface area contributed by atoms with E-state index in [1.54, 1.807) is 7.11 Å². The lowest BCUT2D eigenvalue weighted by Crippen LogP contribution is -2.25. The van der Waals surface area contributed by atoms with Crippen molar-refractivity contribution in [2.75, 3.05) is 12.4 Å². The SMILES string of the molecule is COc1ccccc1NC(=S)NN=C(C)c1ccc(Br)cc1. The molecule has 114 valence electrons. The summed E-state index contributed by atoms with van der Waals surface area (Å²) in [6.45, 7) is 1.92. The highest BCUT2D eigenvalue weighted by Gasteiger charge is 2.03. The number of nitrogens with one attached hydrogen (secondary N) is 2. The minimum atomic E-state index is 0.404. The van der Waals surface area contributed by atoms with Gasteiger partial charge in [-0.15, -0.1) is 0 Å². The molecule has 0 aromatic heterocycles. The lowest BCUT2D eigenvalue weighted by Gasteiger charge is -2.11. The molecule has 22 heavy (non-hydrogen) atoms. The number of methoxy groups -OCH3 is 1. The van der Waals surface area contributed by atoms with Crippen molar-refractivity contribution in [2.45, 2.75) is 6.92 Å². The molecule has 0 amide bonds. The molecule has 0 aliphatic heterocycles. The van der Waals surface area contributed by atoms with E-state index in [-0.39, 0.29) is 0 Å². The summed E-state index contributed by atoms with van der Waals surface area (Å²) in [6, 6.07) is 15.5. The summed E-state index contributed by atoms with van der Waals surface area (Å²) in [7, 11) is 1.62. The minimum absolute atomic E-state index is 0.404. The van der Waals surface area contributed by atoms with Gasteiger partial charge in [0, 0.05) is 4.47 Å². The molecule has 0 spiro atoms. The topological polar surface area (TPSA) is 45.6 Å². The Labute approximate surface area is 143 Å². The van der Waals surface area contributed by atoms with Crippen LogP contribution in [0.3, 0.4) is 0 Å². The van der Waals surface area contributed by atoms with Gasteiger partial charge >= 0.3 is 0 Å². The molecule has 0 radical (unpaired) electrons. The van der Waals surface area contributed by atoms with Gasteiger partial charge in [-0.3, -0.25) is 5.43 Å². The molecule has 4 nitrogen and oxygen atoms in total. The van der Waals surface area contributed by atoms with Gasteiger partial charge < -0.3 is 10.1 Å². The number of hydrogen-bond acceptors (Lipinski definition) is 3. The van der Waals surface area contributed by atoms with Gasteiger partial charge in [0.2, 0.25) is 0 Å². The minimum Gasteiger partial charge on any atom is -0.495 e. The fourth-order valence-corrected chi connectivity index (χ4v) is 2.21. The van der Waals surface area contributed by atoms with Crippen molar-refractivity contribution in [2.24, 2.45) is 5.10 Å². The zero-order valence-corrected chi connectivity index (χ0v) is 14.7. The summed E-state index contributed by atoms with van der Waals surface area (Å²) >= 11 is 8.65. The van der Waals surface area contributed by atoms with Crippen LogP contribution in [0.15, 0.2) is 58.1 Å². The van der Waals surface area contributed by atoms with Crippen LogP contribution < -0.4 is 15.5 Å². The molecule has 0 aliphatic carbocycles. The van der Waals surface area contributed by atoms with E-state index in [1.165, 1.54) is 0 Å². The maximum Gasteiger partial charge on any atom is 0.191 e. The third kappa shape index (κ3) is 4.54. The summed E-state index contributed by atoms with van der Waals surface area (Å²) < 4.78 is 6.29. The maximum absolute atomic E-state index is 5.26. The van der Waals surface area contributed by atoms with E-state index in [0.29, 0.717) is 5.11 Å². The van der Waals surface area contributed by atoms with Crippen molar-refractivity contribution < 1.29 is 4.74 Å². The molecule has 2 N–H and O–H groups in total. The van der Waals surface area contributed by atoms with Crippen molar-refractivity contribution in [1.82, 2.24) is 5.43 Å².